The van der Waals surface area contributed by atoms with Crippen molar-refractivity contribution in [2.24, 2.45) is 7.05 Å². The predicted octanol–water partition coefficient (Wildman–Crippen LogP) is 2.95. The van der Waals surface area contributed by atoms with Gasteiger partial charge in [0, 0.05) is 37.6 Å². The minimum atomic E-state index is 0.935. The standard InChI is InChI=1S/C15H21N3/c1-4-13-5-6-14(11-12(13)2)16-9-7-15-8-10-17-18(15)3/h5-6,8,10-11,16H,4,7,9H2,1-3H3. The normalized spacial score (nSPS) is 10.6. The monoisotopic (exact) mass is 243 g/mol. The average Bonchev–Trinajstić information content (AvgIpc) is 2.75. The van der Waals surface area contributed by atoms with Crippen LogP contribution in [0.4, 0.5) is 5.69 Å². The quantitative estimate of drug-likeness (QED) is 0.875. The first-order chi connectivity index (χ1) is 8.70. The third kappa shape index (κ3) is 2.92. The largest absolute Gasteiger partial charge is 0.385 e. The summed E-state index contributed by atoms with van der Waals surface area (Å²) in [6.07, 6.45) is 3.93. The Labute approximate surface area is 109 Å². The van der Waals surface area contributed by atoms with Crippen LogP contribution >= 0.6 is 0 Å². The van der Waals surface area contributed by atoms with Crippen molar-refractivity contribution >= 4 is 5.69 Å². The van der Waals surface area contributed by atoms with Crippen molar-refractivity contribution in [3.8, 4) is 0 Å². The zero-order valence-corrected chi connectivity index (χ0v) is 11.4. The van der Waals surface area contributed by atoms with E-state index in [-0.39, 0.29) is 0 Å². The Kier molecular flexibility index (Phi) is 4.03. The van der Waals surface area contributed by atoms with Crippen LogP contribution in [0.3, 0.4) is 0 Å². The topological polar surface area (TPSA) is 29.9 Å². The summed E-state index contributed by atoms with van der Waals surface area (Å²) < 4.78 is 1.92. The van der Waals surface area contributed by atoms with E-state index in [2.05, 4.69) is 48.5 Å². The van der Waals surface area contributed by atoms with Crippen LogP contribution in [0.15, 0.2) is 30.5 Å². The Balaban J connectivity index is 1.91. The van der Waals surface area contributed by atoms with E-state index in [4.69, 9.17) is 0 Å². The van der Waals surface area contributed by atoms with Gasteiger partial charge in [0.25, 0.3) is 0 Å². The molecule has 3 heteroatoms. The van der Waals surface area contributed by atoms with E-state index in [1.54, 1.807) is 0 Å². The molecule has 2 rings (SSSR count). The Morgan fingerprint density at radius 3 is 2.72 bits per heavy atom. The fourth-order valence-electron chi connectivity index (χ4n) is 2.18. The number of anilines is 1. The Hall–Kier alpha value is -1.77. The molecule has 0 saturated carbocycles. The zero-order valence-electron chi connectivity index (χ0n) is 11.4. The highest BCUT2D eigenvalue weighted by Crippen LogP contribution is 2.15. The fraction of sp³-hybridized carbons (Fsp3) is 0.400. The van der Waals surface area contributed by atoms with Crippen molar-refractivity contribution in [2.75, 3.05) is 11.9 Å². The van der Waals surface area contributed by atoms with Gasteiger partial charge in [-0.25, -0.2) is 0 Å². The SMILES string of the molecule is CCc1ccc(NCCc2ccnn2C)cc1C. The van der Waals surface area contributed by atoms with E-state index in [1.807, 2.05) is 17.9 Å². The molecule has 0 radical (unpaired) electrons. The number of nitrogens with zero attached hydrogens (tertiary/aromatic N) is 2. The van der Waals surface area contributed by atoms with Gasteiger partial charge in [-0.2, -0.15) is 5.10 Å². The van der Waals surface area contributed by atoms with Gasteiger partial charge < -0.3 is 5.32 Å². The highest BCUT2D eigenvalue weighted by atomic mass is 15.3. The summed E-state index contributed by atoms with van der Waals surface area (Å²) in [6.45, 7) is 5.30. The fourth-order valence-corrected chi connectivity index (χ4v) is 2.18. The van der Waals surface area contributed by atoms with Gasteiger partial charge in [-0.3, -0.25) is 4.68 Å². The van der Waals surface area contributed by atoms with Gasteiger partial charge in [-0.15, -0.1) is 0 Å². The van der Waals surface area contributed by atoms with Crippen molar-refractivity contribution in [1.29, 1.82) is 0 Å². The second-order valence-electron chi connectivity index (χ2n) is 4.62. The summed E-state index contributed by atoms with van der Waals surface area (Å²) in [4.78, 5) is 0. The zero-order chi connectivity index (χ0) is 13.0. The highest BCUT2D eigenvalue weighted by molar-refractivity contribution is 5.48. The van der Waals surface area contributed by atoms with Gasteiger partial charge in [0.2, 0.25) is 0 Å². The smallest absolute Gasteiger partial charge is 0.0492 e. The van der Waals surface area contributed by atoms with E-state index >= 15 is 0 Å². The Morgan fingerprint density at radius 1 is 1.28 bits per heavy atom. The molecule has 1 aromatic heterocycles. The summed E-state index contributed by atoms with van der Waals surface area (Å²) in [5.74, 6) is 0. The van der Waals surface area contributed by atoms with Crippen molar-refractivity contribution in [2.45, 2.75) is 26.7 Å². The average molecular weight is 243 g/mol. The van der Waals surface area contributed by atoms with Crippen LogP contribution in [0.1, 0.15) is 23.7 Å². The number of hydrogen-bond acceptors (Lipinski definition) is 2. The molecule has 0 amide bonds. The van der Waals surface area contributed by atoms with E-state index in [0.29, 0.717) is 0 Å². The molecule has 0 aliphatic carbocycles. The molecule has 18 heavy (non-hydrogen) atoms. The van der Waals surface area contributed by atoms with E-state index in [1.165, 1.54) is 22.5 Å². The maximum atomic E-state index is 4.17. The Morgan fingerprint density at radius 2 is 2.11 bits per heavy atom. The first-order valence-electron chi connectivity index (χ1n) is 6.51. The molecule has 1 heterocycles. The number of nitrogens with one attached hydrogen (secondary N) is 1. The number of benzene rings is 1. The van der Waals surface area contributed by atoms with Gasteiger partial charge in [0.1, 0.15) is 0 Å². The summed E-state index contributed by atoms with van der Waals surface area (Å²) in [6, 6.07) is 8.66. The van der Waals surface area contributed by atoms with E-state index in [9.17, 15) is 0 Å². The maximum absolute atomic E-state index is 4.17. The van der Waals surface area contributed by atoms with Crippen LogP contribution in [-0.4, -0.2) is 16.3 Å². The molecule has 2 aromatic rings. The lowest BCUT2D eigenvalue weighted by atomic mass is 10.1. The van der Waals surface area contributed by atoms with Crippen molar-refractivity contribution in [3.05, 3.63) is 47.3 Å². The second-order valence-corrected chi connectivity index (χ2v) is 4.62. The van der Waals surface area contributed by atoms with E-state index < -0.39 is 0 Å². The van der Waals surface area contributed by atoms with Gasteiger partial charge >= 0.3 is 0 Å². The first kappa shape index (κ1) is 12.7. The minimum absolute atomic E-state index is 0.935. The molecule has 3 nitrogen and oxygen atoms in total. The minimum Gasteiger partial charge on any atom is -0.385 e. The Bertz CT molecular complexity index is 514. The molecular weight excluding hydrogens is 222 g/mol. The summed E-state index contributed by atoms with van der Waals surface area (Å²) >= 11 is 0. The molecule has 0 aliphatic rings. The van der Waals surface area contributed by atoms with Crippen molar-refractivity contribution < 1.29 is 0 Å². The molecule has 0 unspecified atom stereocenters. The van der Waals surface area contributed by atoms with Crippen molar-refractivity contribution in [1.82, 2.24) is 9.78 Å². The lowest BCUT2D eigenvalue weighted by molar-refractivity contribution is 0.711. The van der Waals surface area contributed by atoms with Gasteiger partial charge in [0.05, 0.1) is 0 Å². The van der Waals surface area contributed by atoms with Crippen LogP contribution in [0.25, 0.3) is 0 Å². The first-order valence-corrected chi connectivity index (χ1v) is 6.51. The van der Waals surface area contributed by atoms with Gasteiger partial charge in [-0.05, 0) is 42.7 Å². The molecule has 0 atom stereocenters. The van der Waals surface area contributed by atoms with Crippen LogP contribution in [0.5, 0.6) is 0 Å². The van der Waals surface area contributed by atoms with Crippen molar-refractivity contribution in [3.63, 3.8) is 0 Å². The molecule has 1 N–H and O–H groups in total. The van der Waals surface area contributed by atoms with Crippen LogP contribution in [-0.2, 0) is 19.9 Å². The molecule has 96 valence electrons. The summed E-state index contributed by atoms with van der Waals surface area (Å²) in [7, 11) is 1.98. The number of rotatable bonds is 5. The lowest BCUT2D eigenvalue weighted by Crippen LogP contribution is -2.08. The summed E-state index contributed by atoms with van der Waals surface area (Å²) in [5.41, 5.74) is 5.24. The number of aromatic nitrogens is 2. The third-order valence-electron chi connectivity index (χ3n) is 3.36. The van der Waals surface area contributed by atoms with Crippen LogP contribution < -0.4 is 5.32 Å². The van der Waals surface area contributed by atoms with Crippen LogP contribution in [0.2, 0.25) is 0 Å². The van der Waals surface area contributed by atoms with E-state index in [0.717, 1.165) is 19.4 Å². The number of aryl methyl sites for hydroxylation is 3. The lowest BCUT2D eigenvalue weighted by Gasteiger charge is -2.09. The third-order valence-corrected chi connectivity index (χ3v) is 3.36. The predicted molar refractivity (Wildman–Crippen MR) is 76.0 cm³/mol. The second kappa shape index (κ2) is 5.71. The molecule has 0 bridgehead atoms. The van der Waals surface area contributed by atoms with Gasteiger partial charge in [-0.1, -0.05) is 13.0 Å². The molecule has 0 fully saturated rings. The molecular formula is C15H21N3. The highest BCUT2D eigenvalue weighted by Gasteiger charge is 2.00. The van der Waals surface area contributed by atoms with Crippen LogP contribution in [0, 0.1) is 6.92 Å². The molecule has 0 spiro atoms. The van der Waals surface area contributed by atoms with Gasteiger partial charge in [0.15, 0.2) is 0 Å². The summed E-state index contributed by atoms with van der Waals surface area (Å²) in [5, 5.41) is 7.63. The molecule has 1 aromatic carbocycles. The number of hydrogen-bond donors (Lipinski definition) is 1. The maximum Gasteiger partial charge on any atom is 0.0492 e. The molecule has 0 aliphatic heterocycles. The molecule has 0 saturated heterocycles.